The number of hydrogen-bond acceptors (Lipinski definition) is 6. The summed E-state index contributed by atoms with van der Waals surface area (Å²) in [5.74, 6) is 1.26. The van der Waals surface area contributed by atoms with Crippen LogP contribution in [0.4, 0.5) is 0 Å². The third kappa shape index (κ3) is 2.88. The van der Waals surface area contributed by atoms with Crippen molar-refractivity contribution >= 4 is 28.6 Å². The Balaban J connectivity index is 1.47. The summed E-state index contributed by atoms with van der Waals surface area (Å²) in [6.07, 6.45) is 0. The van der Waals surface area contributed by atoms with Crippen LogP contribution >= 0.6 is 22.7 Å². The van der Waals surface area contributed by atoms with Gasteiger partial charge in [-0.15, -0.1) is 11.3 Å². The number of aromatic nitrogens is 1. The summed E-state index contributed by atoms with van der Waals surface area (Å²) in [6, 6.07) is 7.53. The Morgan fingerprint density at radius 2 is 2.12 bits per heavy atom. The normalized spacial score (nSPS) is 13.7. The van der Waals surface area contributed by atoms with E-state index in [1.54, 1.807) is 16.7 Å². The lowest BCUT2D eigenvalue weighted by Crippen LogP contribution is -2.26. The number of ether oxygens (including phenoxy) is 2. The minimum absolute atomic E-state index is 0.154. The van der Waals surface area contributed by atoms with Crippen LogP contribution in [-0.4, -0.2) is 17.7 Å². The van der Waals surface area contributed by atoms with E-state index in [9.17, 15) is 4.79 Å². The van der Waals surface area contributed by atoms with E-state index in [-0.39, 0.29) is 18.7 Å². The molecular formula is C17H14N2O3S2. The van der Waals surface area contributed by atoms with Crippen molar-refractivity contribution in [2.75, 3.05) is 6.79 Å². The first-order chi connectivity index (χ1) is 11.7. The van der Waals surface area contributed by atoms with E-state index in [0.29, 0.717) is 11.4 Å². The molecule has 7 heteroatoms. The molecule has 0 bridgehead atoms. The fraction of sp³-hybridized carbons (Fsp3) is 0.176. The zero-order chi connectivity index (χ0) is 16.5. The zero-order valence-electron chi connectivity index (χ0n) is 12.8. The molecule has 1 aliphatic heterocycles. The maximum atomic E-state index is 12.4. The second-order valence-corrected chi connectivity index (χ2v) is 7.00. The number of nitrogens with one attached hydrogen (secondary N) is 1. The largest absolute Gasteiger partial charge is 0.454 e. The van der Waals surface area contributed by atoms with Crippen LogP contribution in [0.25, 0.3) is 10.6 Å². The minimum Gasteiger partial charge on any atom is -0.454 e. The molecule has 1 unspecified atom stereocenters. The number of benzene rings is 1. The lowest BCUT2D eigenvalue weighted by molar-refractivity contribution is 0.0935. The van der Waals surface area contributed by atoms with Crippen LogP contribution in [0.3, 0.4) is 0 Å². The van der Waals surface area contributed by atoms with Crippen molar-refractivity contribution in [2.45, 2.75) is 13.0 Å². The van der Waals surface area contributed by atoms with Gasteiger partial charge in [0, 0.05) is 16.3 Å². The third-order valence-corrected chi connectivity index (χ3v) is 5.32. The first-order valence-corrected chi connectivity index (χ1v) is 9.21. The van der Waals surface area contributed by atoms with Gasteiger partial charge in [-0.25, -0.2) is 4.98 Å². The molecule has 122 valence electrons. The second kappa shape index (κ2) is 6.26. The quantitative estimate of drug-likeness (QED) is 0.763. The molecule has 0 radical (unpaired) electrons. The highest BCUT2D eigenvalue weighted by Crippen LogP contribution is 2.34. The van der Waals surface area contributed by atoms with Crippen molar-refractivity contribution in [3.63, 3.8) is 0 Å². The summed E-state index contributed by atoms with van der Waals surface area (Å²) in [4.78, 5) is 16.9. The van der Waals surface area contributed by atoms with Gasteiger partial charge in [-0.1, -0.05) is 6.07 Å². The SMILES string of the molecule is CC(NC(=O)c1csc(-c2ccsc2)n1)c1ccc2c(c1)OCO2. The highest BCUT2D eigenvalue weighted by atomic mass is 32.1. The number of hydrogen-bond donors (Lipinski definition) is 1. The minimum atomic E-state index is -0.183. The van der Waals surface area contributed by atoms with Crippen LogP contribution in [0.2, 0.25) is 0 Å². The molecule has 5 nitrogen and oxygen atoms in total. The number of carbonyl (C=O) groups excluding carboxylic acids is 1. The van der Waals surface area contributed by atoms with Gasteiger partial charge in [-0.2, -0.15) is 11.3 Å². The maximum Gasteiger partial charge on any atom is 0.271 e. The molecule has 3 aromatic rings. The molecule has 4 rings (SSSR count). The van der Waals surface area contributed by atoms with Gasteiger partial charge < -0.3 is 14.8 Å². The molecule has 1 N–H and O–H groups in total. The molecule has 3 heterocycles. The lowest BCUT2D eigenvalue weighted by Gasteiger charge is -2.14. The highest BCUT2D eigenvalue weighted by Gasteiger charge is 2.18. The fourth-order valence-electron chi connectivity index (χ4n) is 2.43. The van der Waals surface area contributed by atoms with Crippen LogP contribution in [0.5, 0.6) is 11.5 Å². The summed E-state index contributed by atoms with van der Waals surface area (Å²) in [5.41, 5.74) is 2.45. The predicted molar refractivity (Wildman–Crippen MR) is 93.9 cm³/mol. The number of thiophene rings is 1. The Kier molecular flexibility index (Phi) is 3.95. The van der Waals surface area contributed by atoms with Crippen molar-refractivity contribution in [3.05, 3.63) is 51.7 Å². The van der Waals surface area contributed by atoms with Crippen molar-refractivity contribution in [1.29, 1.82) is 0 Å². The van der Waals surface area contributed by atoms with Crippen LogP contribution in [-0.2, 0) is 0 Å². The first kappa shape index (κ1) is 15.2. The summed E-state index contributed by atoms with van der Waals surface area (Å²) in [7, 11) is 0. The maximum absolute atomic E-state index is 12.4. The summed E-state index contributed by atoms with van der Waals surface area (Å²) >= 11 is 3.09. The van der Waals surface area contributed by atoms with Gasteiger partial charge in [0.05, 0.1) is 6.04 Å². The third-order valence-electron chi connectivity index (χ3n) is 3.75. The molecule has 0 aliphatic carbocycles. The summed E-state index contributed by atoms with van der Waals surface area (Å²) < 4.78 is 10.7. The topological polar surface area (TPSA) is 60.5 Å². The molecule has 1 aliphatic rings. The van der Waals surface area contributed by atoms with Gasteiger partial charge in [0.15, 0.2) is 11.5 Å². The Morgan fingerprint density at radius 3 is 2.96 bits per heavy atom. The molecule has 0 spiro atoms. The molecular weight excluding hydrogens is 344 g/mol. The van der Waals surface area contributed by atoms with Crippen LogP contribution in [0, 0.1) is 0 Å². The molecule has 0 saturated carbocycles. The Labute approximate surface area is 146 Å². The Hall–Kier alpha value is -2.38. The number of carbonyl (C=O) groups is 1. The average Bonchev–Trinajstić information content (AvgIpc) is 3.32. The molecule has 2 aromatic heterocycles. The number of thiazole rings is 1. The predicted octanol–water partition coefficient (Wildman–Crippen LogP) is 4.09. The van der Waals surface area contributed by atoms with Crippen molar-refractivity contribution in [3.8, 4) is 22.1 Å². The standard InChI is InChI=1S/C17H14N2O3S2/c1-10(11-2-3-14-15(6-11)22-9-21-14)18-16(20)13-8-24-17(19-13)12-4-5-23-7-12/h2-8,10H,9H2,1H3,(H,18,20). The van der Waals surface area contributed by atoms with Gasteiger partial charge in [-0.05, 0) is 36.1 Å². The Morgan fingerprint density at radius 1 is 1.25 bits per heavy atom. The molecule has 1 aromatic carbocycles. The van der Waals surface area contributed by atoms with Crippen LogP contribution < -0.4 is 14.8 Å². The van der Waals surface area contributed by atoms with E-state index < -0.39 is 0 Å². The molecule has 1 amide bonds. The van der Waals surface area contributed by atoms with Gasteiger partial charge in [-0.3, -0.25) is 4.79 Å². The fourth-order valence-corrected chi connectivity index (χ4v) is 3.95. The highest BCUT2D eigenvalue weighted by molar-refractivity contribution is 7.14. The first-order valence-electron chi connectivity index (χ1n) is 7.39. The molecule has 0 saturated heterocycles. The van der Waals surface area contributed by atoms with E-state index in [4.69, 9.17) is 9.47 Å². The Bertz CT molecular complexity index is 874. The summed E-state index contributed by atoms with van der Waals surface area (Å²) in [5, 5.41) is 9.64. The van der Waals surface area contributed by atoms with E-state index in [1.807, 2.05) is 41.9 Å². The van der Waals surface area contributed by atoms with Gasteiger partial charge in [0.2, 0.25) is 6.79 Å². The van der Waals surface area contributed by atoms with Crippen LogP contribution in [0.1, 0.15) is 29.0 Å². The van der Waals surface area contributed by atoms with E-state index in [0.717, 1.165) is 21.9 Å². The van der Waals surface area contributed by atoms with E-state index in [2.05, 4.69) is 10.3 Å². The zero-order valence-corrected chi connectivity index (χ0v) is 14.4. The lowest BCUT2D eigenvalue weighted by atomic mass is 10.1. The second-order valence-electron chi connectivity index (χ2n) is 5.36. The average molecular weight is 358 g/mol. The number of fused-ring (bicyclic) bond motifs is 1. The molecule has 24 heavy (non-hydrogen) atoms. The number of amides is 1. The van der Waals surface area contributed by atoms with Crippen molar-refractivity contribution < 1.29 is 14.3 Å². The number of rotatable bonds is 4. The van der Waals surface area contributed by atoms with E-state index >= 15 is 0 Å². The van der Waals surface area contributed by atoms with E-state index in [1.165, 1.54) is 11.3 Å². The van der Waals surface area contributed by atoms with Gasteiger partial charge >= 0.3 is 0 Å². The smallest absolute Gasteiger partial charge is 0.271 e. The van der Waals surface area contributed by atoms with Gasteiger partial charge in [0.1, 0.15) is 10.7 Å². The molecule has 0 fully saturated rings. The monoisotopic (exact) mass is 358 g/mol. The molecule has 1 atom stereocenters. The number of nitrogens with zero attached hydrogens (tertiary/aromatic N) is 1. The van der Waals surface area contributed by atoms with Crippen molar-refractivity contribution in [2.24, 2.45) is 0 Å². The van der Waals surface area contributed by atoms with Crippen molar-refractivity contribution in [1.82, 2.24) is 10.3 Å². The van der Waals surface area contributed by atoms with Crippen LogP contribution in [0.15, 0.2) is 40.4 Å². The summed E-state index contributed by atoms with van der Waals surface area (Å²) in [6.45, 7) is 2.17. The van der Waals surface area contributed by atoms with Gasteiger partial charge in [0.25, 0.3) is 5.91 Å².